The number of nitrogen functional groups attached to an aromatic ring is 1. The van der Waals surface area contributed by atoms with Crippen LogP contribution in [0.5, 0.6) is 0 Å². The highest BCUT2D eigenvalue weighted by Gasteiger charge is 2.36. The summed E-state index contributed by atoms with van der Waals surface area (Å²) in [6.45, 7) is 6.86. The SMILES string of the molecule is Cc1cc(N)c(C(=O)N2CCCC2(C)C)cn1. The van der Waals surface area contributed by atoms with Gasteiger partial charge < -0.3 is 10.6 Å². The second kappa shape index (κ2) is 4.02. The van der Waals surface area contributed by atoms with Crippen LogP contribution in [0.3, 0.4) is 0 Å². The van der Waals surface area contributed by atoms with E-state index in [1.54, 1.807) is 12.3 Å². The fourth-order valence-electron chi connectivity index (χ4n) is 2.39. The number of hydrogen-bond acceptors (Lipinski definition) is 3. The maximum absolute atomic E-state index is 12.4. The van der Waals surface area contributed by atoms with E-state index < -0.39 is 0 Å². The van der Waals surface area contributed by atoms with Crippen LogP contribution in [0.15, 0.2) is 12.3 Å². The van der Waals surface area contributed by atoms with Crippen molar-refractivity contribution in [3.63, 3.8) is 0 Å². The summed E-state index contributed by atoms with van der Waals surface area (Å²) in [6, 6.07) is 1.75. The van der Waals surface area contributed by atoms with E-state index in [2.05, 4.69) is 18.8 Å². The molecule has 92 valence electrons. The van der Waals surface area contributed by atoms with Crippen molar-refractivity contribution >= 4 is 11.6 Å². The zero-order chi connectivity index (χ0) is 12.6. The average Bonchev–Trinajstić information content (AvgIpc) is 2.57. The molecule has 1 aliphatic heterocycles. The Morgan fingerprint density at radius 2 is 2.24 bits per heavy atom. The van der Waals surface area contributed by atoms with Crippen molar-refractivity contribution < 1.29 is 4.79 Å². The van der Waals surface area contributed by atoms with E-state index in [0.29, 0.717) is 11.3 Å². The summed E-state index contributed by atoms with van der Waals surface area (Å²) in [4.78, 5) is 18.5. The Bertz CT molecular complexity index is 454. The lowest BCUT2D eigenvalue weighted by Gasteiger charge is -2.31. The highest BCUT2D eigenvalue weighted by Crippen LogP contribution is 2.30. The number of amides is 1. The van der Waals surface area contributed by atoms with Gasteiger partial charge in [0.05, 0.1) is 5.56 Å². The first-order valence-electron chi connectivity index (χ1n) is 5.96. The zero-order valence-corrected chi connectivity index (χ0v) is 10.7. The van der Waals surface area contributed by atoms with E-state index in [1.165, 1.54) is 0 Å². The summed E-state index contributed by atoms with van der Waals surface area (Å²) in [5.41, 5.74) is 7.69. The molecule has 1 fully saturated rings. The van der Waals surface area contributed by atoms with Crippen molar-refractivity contribution in [3.05, 3.63) is 23.5 Å². The maximum Gasteiger partial charge on any atom is 0.257 e. The molecule has 0 aliphatic carbocycles. The van der Waals surface area contributed by atoms with E-state index in [-0.39, 0.29) is 11.4 Å². The quantitative estimate of drug-likeness (QED) is 0.807. The lowest BCUT2D eigenvalue weighted by atomic mass is 10.0. The molecule has 0 saturated carbocycles. The van der Waals surface area contributed by atoms with Gasteiger partial charge in [0.1, 0.15) is 0 Å². The first-order chi connectivity index (χ1) is 7.92. The Balaban J connectivity index is 2.31. The molecular weight excluding hydrogens is 214 g/mol. The number of anilines is 1. The first-order valence-corrected chi connectivity index (χ1v) is 5.96. The van der Waals surface area contributed by atoms with E-state index in [0.717, 1.165) is 25.1 Å². The fourth-order valence-corrected chi connectivity index (χ4v) is 2.39. The van der Waals surface area contributed by atoms with Crippen LogP contribution in [-0.4, -0.2) is 27.9 Å². The molecule has 1 amide bonds. The Labute approximate surface area is 102 Å². The molecule has 2 rings (SSSR count). The molecule has 0 aromatic carbocycles. The van der Waals surface area contributed by atoms with Gasteiger partial charge in [-0.15, -0.1) is 0 Å². The minimum Gasteiger partial charge on any atom is -0.398 e. The van der Waals surface area contributed by atoms with Crippen LogP contribution < -0.4 is 5.73 Å². The molecule has 2 N–H and O–H groups in total. The van der Waals surface area contributed by atoms with Crippen LogP contribution in [0, 0.1) is 6.92 Å². The number of aryl methyl sites for hydroxylation is 1. The number of rotatable bonds is 1. The number of carbonyl (C=O) groups is 1. The second-order valence-electron chi connectivity index (χ2n) is 5.29. The van der Waals surface area contributed by atoms with Crippen molar-refractivity contribution in [2.24, 2.45) is 0 Å². The van der Waals surface area contributed by atoms with Gasteiger partial charge in [0, 0.05) is 29.7 Å². The van der Waals surface area contributed by atoms with Gasteiger partial charge in [0.25, 0.3) is 5.91 Å². The molecule has 0 unspecified atom stereocenters. The number of hydrogen-bond donors (Lipinski definition) is 1. The number of pyridine rings is 1. The molecule has 0 bridgehead atoms. The molecule has 1 aliphatic rings. The molecule has 0 atom stereocenters. The highest BCUT2D eigenvalue weighted by molar-refractivity contribution is 5.99. The van der Waals surface area contributed by atoms with Gasteiger partial charge in [-0.2, -0.15) is 0 Å². The standard InChI is InChI=1S/C13H19N3O/c1-9-7-11(14)10(8-15-9)12(17)16-6-4-5-13(16,2)3/h7-8H,4-6H2,1-3H3,(H2,14,15). The predicted octanol–water partition coefficient (Wildman–Crippen LogP) is 1.99. The van der Waals surface area contributed by atoms with Gasteiger partial charge in [-0.05, 0) is 39.7 Å². The molecule has 2 heterocycles. The molecule has 1 saturated heterocycles. The second-order valence-corrected chi connectivity index (χ2v) is 5.29. The summed E-state index contributed by atoms with van der Waals surface area (Å²) in [5, 5.41) is 0. The Hall–Kier alpha value is -1.58. The van der Waals surface area contributed by atoms with E-state index in [9.17, 15) is 4.79 Å². The van der Waals surface area contributed by atoms with Gasteiger partial charge in [-0.25, -0.2) is 0 Å². The first kappa shape index (κ1) is 11.9. The van der Waals surface area contributed by atoms with E-state index in [4.69, 9.17) is 5.73 Å². The van der Waals surface area contributed by atoms with E-state index in [1.807, 2.05) is 11.8 Å². The Kier molecular flexibility index (Phi) is 2.81. The van der Waals surface area contributed by atoms with Crippen molar-refractivity contribution in [2.75, 3.05) is 12.3 Å². The van der Waals surface area contributed by atoms with Crippen LogP contribution in [-0.2, 0) is 0 Å². The molecule has 0 radical (unpaired) electrons. The van der Waals surface area contributed by atoms with Gasteiger partial charge in [0.15, 0.2) is 0 Å². The predicted molar refractivity (Wildman–Crippen MR) is 67.7 cm³/mol. The number of likely N-dealkylation sites (tertiary alicyclic amines) is 1. The Morgan fingerprint density at radius 1 is 1.53 bits per heavy atom. The lowest BCUT2D eigenvalue weighted by Crippen LogP contribution is -2.42. The van der Waals surface area contributed by atoms with Crippen LogP contribution in [0.4, 0.5) is 5.69 Å². The normalized spacial score (nSPS) is 18.4. The van der Waals surface area contributed by atoms with Crippen LogP contribution in [0.1, 0.15) is 42.7 Å². The van der Waals surface area contributed by atoms with Gasteiger partial charge in [-0.1, -0.05) is 0 Å². The maximum atomic E-state index is 12.4. The fraction of sp³-hybridized carbons (Fsp3) is 0.538. The summed E-state index contributed by atoms with van der Waals surface area (Å²) < 4.78 is 0. The third-order valence-corrected chi connectivity index (χ3v) is 3.45. The number of carbonyl (C=O) groups excluding carboxylic acids is 1. The molecule has 1 aromatic rings. The number of nitrogens with two attached hydrogens (primary N) is 1. The van der Waals surface area contributed by atoms with Gasteiger partial charge in [0.2, 0.25) is 0 Å². The number of nitrogens with zero attached hydrogens (tertiary/aromatic N) is 2. The smallest absolute Gasteiger partial charge is 0.257 e. The third kappa shape index (κ3) is 2.12. The molecule has 1 aromatic heterocycles. The van der Waals surface area contributed by atoms with Crippen LogP contribution in [0.2, 0.25) is 0 Å². The summed E-state index contributed by atoms with van der Waals surface area (Å²) in [6.07, 6.45) is 3.68. The summed E-state index contributed by atoms with van der Waals surface area (Å²) >= 11 is 0. The Morgan fingerprint density at radius 3 is 2.76 bits per heavy atom. The van der Waals surface area contributed by atoms with Crippen molar-refractivity contribution in [3.8, 4) is 0 Å². The van der Waals surface area contributed by atoms with Crippen molar-refractivity contribution in [1.29, 1.82) is 0 Å². The average molecular weight is 233 g/mol. The van der Waals surface area contributed by atoms with Crippen LogP contribution in [0.25, 0.3) is 0 Å². The van der Waals surface area contributed by atoms with Gasteiger partial charge >= 0.3 is 0 Å². The minimum atomic E-state index is -0.0750. The van der Waals surface area contributed by atoms with Crippen LogP contribution >= 0.6 is 0 Å². The topological polar surface area (TPSA) is 59.2 Å². The van der Waals surface area contributed by atoms with Crippen molar-refractivity contribution in [2.45, 2.75) is 39.2 Å². The number of aromatic nitrogens is 1. The zero-order valence-electron chi connectivity index (χ0n) is 10.7. The highest BCUT2D eigenvalue weighted by atomic mass is 16.2. The molecular formula is C13H19N3O. The largest absolute Gasteiger partial charge is 0.398 e. The molecule has 4 nitrogen and oxygen atoms in total. The van der Waals surface area contributed by atoms with E-state index >= 15 is 0 Å². The minimum absolute atomic E-state index is 0.00231. The molecule has 17 heavy (non-hydrogen) atoms. The lowest BCUT2D eigenvalue weighted by molar-refractivity contribution is 0.0652. The molecule has 4 heteroatoms. The monoisotopic (exact) mass is 233 g/mol. The van der Waals surface area contributed by atoms with Gasteiger partial charge in [-0.3, -0.25) is 9.78 Å². The summed E-state index contributed by atoms with van der Waals surface area (Å²) in [7, 11) is 0. The summed E-state index contributed by atoms with van der Waals surface area (Å²) in [5.74, 6) is -0.00231. The third-order valence-electron chi connectivity index (χ3n) is 3.45. The van der Waals surface area contributed by atoms with Crippen molar-refractivity contribution in [1.82, 2.24) is 9.88 Å². The molecule has 0 spiro atoms.